The number of halogens is 2. The summed E-state index contributed by atoms with van der Waals surface area (Å²) in [5, 5.41) is 1.25. The van der Waals surface area contributed by atoms with E-state index in [0.717, 1.165) is 5.33 Å². The van der Waals surface area contributed by atoms with Gasteiger partial charge in [-0.3, -0.25) is 4.79 Å². The minimum Gasteiger partial charge on any atom is -0.338 e. The van der Waals surface area contributed by atoms with E-state index in [-0.39, 0.29) is 11.9 Å². The largest absolute Gasteiger partial charge is 0.338 e. The van der Waals surface area contributed by atoms with Crippen LogP contribution in [0.4, 0.5) is 0 Å². The molecule has 0 saturated heterocycles. The fraction of sp³-hybridized carbons (Fsp3) is 0.364. The summed E-state index contributed by atoms with van der Waals surface area (Å²) in [6.07, 6.45) is 0. The molecule has 0 spiro atoms. The molecule has 15 heavy (non-hydrogen) atoms. The van der Waals surface area contributed by atoms with Gasteiger partial charge in [0.05, 0.1) is 10.6 Å². The molecule has 1 aromatic carbocycles. The van der Waals surface area contributed by atoms with Crippen molar-refractivity contribution in [3.05, 3.63) is 34.9 Å². The van der Waals surface area contributed by atoms with E-state index in [0.29, 0.717) is 10.6 Å². The van der Waals surface area contributed by atoms with Gasteiger partial charge in [-0.25, -0.2) is 0 Å². The molecule has 1 rings (SSSR count). The standard InChI is InChI=1S/C11H13BrClNO/c1-8(7-12)14(2)11(15)9-5-3-4-6-10(9)13/h3-6,8H,7H2,1-2H3. The Morgan fingerprint density at radius 3 is 2.67 bits per heavy atom. The van der Waals surface area contributed by atoms with Gasteiger partial charge in [0.1, 0.15) is 0 Å². The van der Waals surface area contributed by atoms with E-state index in [9.17, 15) is 4.79 Å². The first-order valence-corrected chi connectivity index (χ1v) is 6.15. The summed E-state index contributed by atoms with van der Waals surface area (Å²) in [5.74, 6) is -0.0486. The second-order valence-corrected chi connectivity index (χ2v) is 4.45. The smallest absolute Gasteiger partial charge is 0.255 e. The summed E-state index contributed by atoms with van der Waals surface area (Å²) in [6.45, 7) is 1.98. The van der Waals surface area contributed by atoms with Gasteiger partial charge in [-0.2, -0.15) is 0 Å². The van der Waals surface area contributed by atoms with Crippen molar-refractivity contribution in [3.63, 3.8) is 0 Å². The molecule has 0 heterocycles. The minimum atomic E-state index is -0.0486. The molecular formula is C11H13BrClNO. The maximum Gasteiger partial charge on any atom is 0.255 e. The second-order valence-electron chi connectivity index (χ2n) is 3.40. The van der Waals surface area contributed by atoms with Gasteiger partial charge >= 0.3 is 0 Å². The Morgan fingerprint density at radius 2 is 2.13 bits per heavy atom. The van der Waals surface area contributed by atoms with Crippen LogP contribution in [0.3, 0.4) is 0 Å². The average molecular weight is 291 g/mol. The van der Waals surface area contributed by atoms with Crippen molar-refractivity contribution in [2.45, 2.75) is 13.0 Å². The van der Waals surface area contributed by atoms with Gasteiger partial charge in [-0.1, -0.05) is 39.7 Å². The first-order valence-electron chi connectivity index (χ1n) is 4.65. The monoisotopic (exact) mass is 289 g/mol. The van der Waals surface area contributed by atoms with E-state index >= 15 is 0 Å². The van der Waals surface area contributed by atoms with Gasteiger partial charge < -0.3 is 4.90 Å². The summed E-state index contributed by atoms with van der Waals surface area (Å²) in [5.41, 5.74) is 0.550. The van der Waals surface area contributed by atoms with E-state index in [1.807, 2.05) is 19.1 Å². The van der Waals surface area contributed by atoms with Crippen molar-refractivity contribution < 1.29 is 4.79 Å². The summed E-state index contributed by atoms with van der Waals surface area (Å²) in [7, 11) is 1.78. The molecule has 2 nitrogen and oxygen atoms in total. The third-order valence-electron chi connectivity index (χ3n) is 2.31. The molecule has 0 radical (unpaired) electrons. The minimum absolute atomic E-state index is 0.0486. The molecule has 1 atom stereocenters. The molecule has 0 N–H and O–H groups in total. The first-order chi connectivity index (χ1) is 7.07. The number of nitrogens with zero attached hydrogens (tertiary/aromatic N) is 1. The van der Waals surface area contributed by atoms with Crippen LogP contribution in [0.5, 0.6) is 0 Å². The lowest BCUT2D eigenvalue weighted by Gasteiger charge is -2.23. The van der Waals surface area contributed by atoms with Crippen molar-refractivity contribution in [3.8, 4) is 0 Å². The zero-order valence-corrected chi connectivity index (χ0v) is 11.0. The van der Waals surface area contributed by atoms with Crippen LogP contribution in [0.2, 0.25) is 5.02 Å². The van der Waals surface area contributed by atoms with Gasteiger partial charge in [0.25, 0.3) is 5.91 Å². The van der Waals surface area contributed by atoms with E-state index in [1.54, 1.807) is 24.1 Å². The molecule has 0 bridgehead atoms. The van der Waals surface area contributed by atoms with Gasteiger partial charge in [-0.05, 0) is 19.1 Å². The summed E-state index contributed by atoms with van der Waals surface area (Å²) in [6, 6.07) is 7.23. The number of amides is 1. The number of benzene rings is 1. The van der Waals surface area contributed by atoms with Gasteiger partial charge in [0, 0.05) is 18.4 Å². The number of alkyl halides is 1. The highest BCUT2D eigenvalue weighted by Crippen LogP contribution is 2.17. The Kier molecular flexibility index (Phi) is 4.61. The zero-order chi connectivity index (χ0) is 11.4. The quantitative estimate of drug-likeness (QED) is 0.783. The van der Waals surface area contributed by atoms with Crippen LogP contribution in [-0.2, 0) is 0 Å². The van der Waals surface area contributed by atoms with Crippen molar-refractivity contribution in [1.82, 2.24) is 4.90 Å². The molecule has 0 saturated carbocycles. The highest BCUT2D eigenvalue weighted by Gasteiger charge is 2.18. The number of carbonyl (C=O) groups excluding carboxylic acids is 1. The summed E-state index contributed by atoms with van der Waals surface area (Å²) >= 11 is 9.30. The normalized spacial score (nSPS) is 12.3. The van der Waals surface area contributed by atoms with Crippen LogP contribution in [-0.4, -0.2) is 29.2 Å². The molecule has 0 aliphatic rings. The van der Waals surface area contributed by atoms with Crippen molar-refractivity contribution in [2.75, 3.05) is 12.4 Å². The third-order valence-corrected chi connectivity index (χ3v) is 3.58. The molecule has 1 unspecified atom stereocenters. The fourth-order valence-corrected chi connectivity index (χ4v) is 1.78. The molecule has 1 aromatic rings. The molecule has 1 amide bonds. The highest BCUT2D eigenvalue weighted by molar-refractivity contribution is 9.09. The lowest BCUT2D eigenvalue weighted by Crippen LogP contribution is -2.36. The number of hydrogen-bond donors (Lipinski definition) is 0. The fourth-order valence-electron chi connectivity index (χ4n) is 1.13. The molecule has 82 valence electrons. The molecule has 0 aromatic heterocycles. The van der Waals surface area contributed by atoms with Crippen LogP contribution in [0.25, 0.3) is 0 Å². The predicted octanol–water partition coefficient (Wildman–Crippen LogP) is 3.20. The van der Waals surface area contributed by atoms with E-state index in [4.69, 9.17) is 11.6 Å². The van der Waals surface area contributed by atoms with Crippen LogP contribution in [0.15, 0.2) is 24.3 Å². The highest BCUT2D eigenvalue weighted by atomic mass is 79.9. The van der Waals surface area contributed by atoms with Gasteiger partial charge in [-0.15, -0.1) is 0 Å². The number of carbonyl (C=O) groups is 1. The summed E-state index contributed by atoms with van der Waals surface area (Å²) < 4.78 is 0. The molecular weight excluding hydrogens is 277 g/mol. The number of rotatable bonds is 3. The lowest BCUT2D eigenvalue weighted by molar-refractivity contribution is 0.0758. The van der Waals surface area contributed by atoms with Crippen LogP contribution >= 0.6 is 27.5 Å². The number of hydrogen-bond acceptors (Lipinski definition) is 1. The Labute approximate surface area is 103 Å². The maximum atomic E-state index is 12.0. The summed E-state index contributed by atoms with van der Waals surface area (Å²) in [4.78, 5) is 13.7. The topological polar surface area (TPSA) is 20.3 Å². The van der Waals surface area contributed by atoms with Crippen molar-refractivity contribution >= 4 is 33.4 Å². The van der Waals surface area contributed by atoms with E-state index < -0.39 is 0 Å². The Bertz CT molecular complexity index is 356. The predicted molar refractivity (Wildman–Crippen MR) is 66.8 cm³/mol. The third kappa shape index (κ3) is 2.95. The molecule has 4 heteroatoms. The molecule has 0 aliphatic carbocycles. The van der Waals surface area contributed by atoms with Gasteiger partial charge in [0.15, 0.2) is 0 Å². The van der Waals surface area contributed by atoms with E-state index in [2.05, 4.69) is 15.9 Å². The molecule has 0 fully saturated rings. The zero-order valence-electron chi connectivity index (χ0n) is 8.71. The lowest BCUT2D eigenvalue weighted by atomic mass is 10.2. The second kappa shape index (κ2) is 5.52. The van der Waals surface area contributed by atoms with E-state index in [1.165, 1.54) is 0 Å². The average Bonchev–Trinajstić information content (AvgIpc) is 2.26. The Balaban J connectivity index is 2.90. The maximum absolute atomic E-state index is 12.0. The van der Waals surface area contributed by atoms with Crippen LogP contribution in [0.1, 0.15) is 17.3 Å². The Hall–Kier alpha value is -0.540. The van der Waals surface area contributed by atoms with Crippen LogP contribution in [0, 0.1) is 0 Å². The van der Waals surface area contributed by atoms with Crippen molar-refractivity contribution in [2.24, 2.45) is 0 Å². The first kappa shape index (κ1) is 12.5. The Morgan fingerprint density at radius 1 is 1.53 bits per heavy atom. The van der Waals surface area contributed by atoms with Gasteiger partial charge in [0.2, 0.25) is 0 Å². The molecule has 0 aliphatic heterocycles. The SMILES string of the molecule is CC(CBr)N(C)C(=O)c1ccccc1Cl. The van der Waals surface area contributed by atoms with Crippen LogP contribution < -0.4 is 0 Å². The van der Waals surface area contributed by atoms with Crippen molar-refractivity contribution in [1.29, 1.82) is 0 Å².